The quantitative estimate of drug-likeness (QED) is 0.732. The van der Waals surface area contributed by atoms with Crippen molar-refractivity contribution in [3.05, 3.63) is 35.9 Å². The van der Waals surface area contributed by atoms with Gasteiger partial charge in [-0.05, 0) is 5.56 Å². The van der Waals surface area contributed by atoms with Crippen LogP contribution in [0.2, 0.25) is 0 Å². The Balaban J connectivity index is 1.54. The third-order valence-electron chi connectivity index (χ3n) is 4.45. The molecular weight excluding hydrogens is 224 g/mol. The molecule has 0 N–H and O–H groups in total. The van der Waals surface area contributed by atoms with E-state index in [0.29, 0.717) is 0 Å². The number of rotatable bonds is 2. The van der Waals surface area contributed by atoms with Crippen LogP contribution in [0.4, 0.5) is 0 Å². The Bertz CT molecular complexity index is 363. The first-order valence-corrected chi connectivity index (χ1v) is 7.06. The van der Waals surface area contributed by atoms with Gasteiger partial charge in [-0.2, -0.15) is 0 Å². The molecule has 3 rings (SSSR count). The largest absolute Gasteiger partial charge is 0.370 e. The van der Waals surface area contributed by atoms with Gasteiger partial charge in [0.05, 0.1) is 26.3 Å². The van der Waals surface area contributed by atoms with Crippen LogP contribution in [-0.4, -0.2) is 61.9 Å². The van der Waals surface area contributed by atoms with Crippen LogP contribution >= 0.6 is 0 Å². The Hall–Kier alpha value is -0.900. The zero-order valence-electron chi connectivity index (χ0n) is 11.1. The molecule has 18 heavy (non-hydrogen) atoms. The van der Waals surface area contributed by atoms with Crippen LogP contribution in [0.25, 0.3) is 0 Å². The molecule has 2 aliphatic heterocycles. The molecule has 0 saturated carbocycles. The summed E-state index contributed by atoms with van der Waals surface area (Å²) in [6.45, 7) is 10.5. The van der Waals surface area contributed by atoms with Gasteiger partial charge in [-0.3, -0.25) is 4.90 Å². The standard InChI is InChI=1S/C15H23N2O/c1-2-4-15(5-3-1)14-16-6-8-17(9-7-16)10-12-18-13-11-17/h1-5H,6-14H2/q+1. The minimum Gasteiger partial charge on any atom is -0.370 e. The maximum Gasteiger partial charge on any atom is 0.103 e. The van der Waals surface area contributed by atoms with E-state index in [4.69, 9.17) is 4.74 Å². The van der Waals surface area contributed by atoms with E-state index in [2.05, 4.69) is 35.2 Å². The maximum absolute atomic E-state index is 5.49. The Labute approximate surface area is 110 Å². The average molecular weight is 247 g/mol. The number of ether oxygens (including phenoxy) is 1. The van der Waals surface area contributed by atoms with Crippen LogP contribution in [0.3, 0.4) is 0 Å². The van der Waals surface area contributed by atoms with Gasteiger partial charge in [0.1, 0.15) is 13.1 Å². The number of benzene rings is 1. The number of piperazine rings is 1. The van der Waals surface area contributed by atoms with Gasteiger partial charge in [0, 0.05) is 19.6 Å². The summed E-state index contributed by atoms with van der Waals surface area (Å²) in [6.07, 6.45) is 0. The molecule has 3 nitrogen and oxygen atoms in total. The Kier molecular flexibility index (Phi) is 3.64. The Morgan fingerprint density at radius 2 is 1.61 bits per heavy atom. The summed E-state index contributed by atoms with van der Waals surface area (Å²) in [6, 6.07) is 10.8. The highest BCUT2D eigenvalue weighted by molar-refractivity contribution is 5.14. The van der Waals surface area contributed by atoms with Crippen LogP contribution in [-0.2, 0) is 11.3 Å². The van der Waals surface area contributed by atoms with E-state index >= 15 is 0 Å². The van der Waals surface area contributed by atoms with Gasteiger partial charge in [0.15, 0.2) is 0 Å². The first kappa shape index (κ1) is 12.2. The predicted molar refractivity (Wildman–Crippen MR) is 72.3 cm³/mol. The second-order valence-corrected chi connectivity index (χ2v) is 5.61. The summed E-state index contributed by atoms with van der Waals surface area (Å²) in [5.41, 5.74) is 1.44. The predicted octanol–water partition coefficient (Wildman–Crippen LogP) is 1.35. The highest BCUT2D eigenvalue weighted by Gasteiger charge is 2.34. The molecule has 2 fully saturated rings. The van der Waals surface area contributed by atoms with Gasteiger partial charge < -0.3 is 9.22 Å². The third-order valence-corrected chi connectivity index (χ3v) is 4.45. The number of hydrogen-bond acceptors (Lipinski definition) is 2. The highest BCUT2D eigenvalue weighted by atomic mass is 16.5. The molecule has 0 bridgehead atoms. The van der Waals surface area contributed by atoms with Crippen molar-refractivity contribution in [3.8, 4) is 0 Å². The first-order chi connectivity index (χ1) is 8.86. The van der Waals surface area contributed by atoms with Crippen LogP contribution in [0.1, 0.15) is 5.56 Å². The van der Waals surface area contributed by atoms with E-state index in [0.717, 1.165) is 19.8 Å². The van der Waals surface area contributed by atoms with E-state index in [9.17, 15) is 0 Å². The van der Waals surface area contributed by atoms with Crippen molar-refractivity contribution < 1.29 is 9.22 Å². The smallest absolute Gasteiger partial charge is 0.103 e. The molecular formula is C15H23N2O+. The minimum absolute atomic E-state index is 0.957. The van der Waals surface area contributed by atoms with E-state index < -0.39 is 0 Å². The highest BCUT2D eigenvalue weighted by Crippen LogP contribution is 2.17. The summed E-state index contributed by atoms with van der Waals surface area (Å²) >= 11 is 0. The topological polar surface area (TPSA) is 12.5 Å². The SMILES string of the molecule is c1ccc(CN2CC[N+]3(CCOCC3)CC2)cc1. The molecule has 1 spiro atoms. The van der Waals surface area contributed by atoms with Gasteiger partial charge in [-0.15, -0.1) is 0 Å². The van der Waals surface area contributed by atoms with Crippen molar-refractivity contribution in [3.63, 3.8) is 0 Å². The molecule has 0 amide bonds. The van der Waals surface area contributed by atoms with E-state index in [1.807, 2.05) is 0 Å². The molecule has 0 unspecified atom stereocenters. The van der Waals surface area contributed by atoms with Crippen molar-refractivity contribution >= 4 is 0 Å². The molecule has 0 radical (unpaired) electrons. The summed E-state index contributed by atoms with van der Waals surface area (Å²) in [7, 11) is 0. The molecule has 3 heteroatoms. The lowest BCUT2D eigenvalue weighted by atomic mass is 10.1. The van der Waals surface area contributed by atoms with Gasteiger partial charge in [0.2, 0.25) is 0 Å². The lowest BCUT2D eigenvalue weighted by Gasteiger charge is -2.46. The molecule has 1 aromatic rings. The fourth-order valence-corrected chi connectivity index (χ4v) is 3.11. The van der Waals surface area contributed by atoms with Gasteiger partial charge in [-0.1, -0.05) is 30.3 Å². The molecule has 1 aromatic carbocycles. The van der Waals surface area contributed by atoms with Gasteiger partial charge in [-0.25, -0.2) is 0 Å². The Morgan fingerprint density at radius 3 is 2.28 bits per heavy atom. The zero-order valence-corrected chi connectivity index (χ0v) is 11.1. The van der Waals surface area contributed by atoms with Crippen molar-refractivity contribution in [2.45, 2.75) is 6.54 Å². The van der Waals surface area contributed by atoms with Gasteiger partial charge in [0.25, 0.3) is 0 Å². The van der Waals surface area contributed by atoms with Crippen LogP contribution in [0.5, 0.6) is 0 Å². The molecule has 2 saturated heterocycles. The number of quaternary nitrogens is 1. The third kappa shape index (κ3) is 2.74. The van der Waals surface area contributed by atoms with Gasteiger partial charge >= 0.3 is 0 Å². The number of hydrogen-bond donors (Lipinski definition) is 0. The van der Waals surface area contributed by atoms with Crippen molar-refractivity contribution in [1.29, 1.82) is 0 Å². The fourth-order valence-electron chi connectivity index (χ4n) is 3.11. The van der Waals surface area contributed by atoms with E-state index in [-0.39, 0.29) is 0 Å². The summed E-state index contributed by atoms with van der Waals surface area (Å²) in [5.74, 6) is 0. The first-order valence-electron chi connectivity index (χ1n) is 7.06. The summed E-state index contributed by atoms with van der Waals surface area (Å²) in [4.78, 5) is 2.59. The molecule has 0 atom stereocenters. The fraction of sp³-hybridized carbons (Fsp3) is 0.600. The normalized spacial score (nSPS) is 24.2. The molecule has 2 heterocycles. The van der Waals surface area contributed by atoms with Crippen molar-refractivity contribution in [2.75, 3.05) is 52.5 Å². The van der Waals surface area contributed by atoms with Crippen LogP contribution < -0.4 is 0 Å². The summed E-state index contributed by atoms with van der Waals surface area (Å²) < 4.78 is 6.79. The van der Waals surface area contributed by atoms with E-state index in [1.54, 1.807) is 0 Å². The molecule has 2 aliphatic rings. The second kappa shape index (κ2) is 5.39. The van der Waals surface area contributed by atoms with Crippen LogP contribution in [0.15, 0.2) is 30.3 Å². The maximum atomic E-state index is 5.49. The summed E-state index contributed by atoms with van der Waals surface area (Å²) in [5, 5.41) is 0. The number of morpholine rings is 1. The van der Waals surface area contributed by atoms with Crippen LogP contribution in [0, 0.1) is 0 Å². The lowest BCUT2D eigenvalue weighted by Crippen LogP contribution is -2.63. The molecule has 98 valence electrons. The molecule has 0 aromatic heterocycles. The number of nitrogens with zero attached hydrogens (tertiary/aromatic N) is 2. The average Bonchev–Trinajstić information content (AvgIpc) is 2.44. The van der Waals surface area contributed by atoms with E-state index in [1.165, 1.54) is 49.3 Å². The monoisotopic (exact) mass is 247 g/mol. The Morgan fingerprint density at radius 1 is 0.944 bits per heavy atom. The van der Waals surface area contributed by atoms with Crippen molar-refractivity contribution in [1.82, 2.24) is 4.90 Å². The van der Waals surface area contributed by atoms with Crippen molar-refractivity contribution in [2.24, 2.45) is 0 Å². The minimum atomic E-state index is 0.957. The lowest BCUT2D eigenvalue weighted by molar-refractivity contribution is -0.938. The second-order valence-electron chi connectivity index (χ2n) is 5.61. The molecule has 0 aliphatic carbocycles. The zero-order chi connectivity index (χ0) is 12.3.